The fourth-order valence-corrected chi connectivity index (χ4v) is 2.80. The summed E-state index contributed by atoms with van der Waals surface area (Å²) in [5.74, 6) is -1.49. The van der Waals surface area contributed by atoms with E-state index >= 15 is 0 Å². The molecule has 0 bridgehead atoms. The molecule has 6 nitrogen and oxygen atoms in total. The number of aromatic nitrogens is 2. The van der Waals surface area contributed by atoms with Crippen LogP contribution in [0.5, 0.6) is 0 Å². The molecule has 1 heterocycles. The molecular formula is C17H14ClN3O3. The summed E-state index contributed by atoms with van der Waals surface area (Å²) in [6, 6.07) is 13.3. The predicted molar refractivity (Wildman–Crippen MR) is 90.0 cm³/mol. The van der Waals surface area contributed by atoms with Crippen LogP contribution in [-0.2, 0) is 4.79 Å². The van der Waals surface area contributed by atoms with Crippen molar-refractivity contribution in [1.82, 2.24) is 15.5 Å². The van der Waals surface area contributed by atoms with Crippen molar-refractivity contribution in [2.75, 3.05) is 0 Å². The Labute approximate surface area is 142 Å². The van der Waals surface area contributed by atoms with Gasteiger partial charge in [-0.25, -0.2) is 0 Å². The van der Waals surface area contributed by atoms with Crippen molar-refractivity contribution in [3.05, 3.63) is 64.8 Å². The van der Waals surface area contributed by atoms with Crippen LogP contribution in [0.4, 0.5) is 0 Å². The van der Waals surface area contributed by atoms with Gasteiger partial charge in [-0.05, 0) is 17.7 Å². The maximum atomic E-state index is 12.6. The first-order valence-corrected chi connectivity index (χ1v) is 7.64. The molecule has 0 saturated heterocycles. The summed E-state index contributed by atoms with van der Waals surface area (Å²) in [6.45, 7) is 0. The highest BCUT2D eigenvalue weighted by Gasteiger charge is 2.23. The molecule has 0 aliphatic heterocycles. The number of aromatic amines is 1. The summed E-state index contributed by atoms with van der Waals surface area (Å²) < 4.78 is 0. The lowest BCUT2D eigenvalue weighted by Gasteiger charge is -2.18. The van der Waals surface area contributed by atoms with Crippen molar-refractivity contribution >= 4 is 34.4 Å². The van der Waals surface area contributed by atoms with Crippen LogP contribution >= 0.6 is 11.6 Å². The molecular weight excluding hydrogens is 330 g/mol. The lowest BCUT2D eigenvalue weighted by Crippen LogP contribution is -2.30. The third-order valence-corrected chi connectivity index (χ3v) is 3.99. The first kappa shape index (κ1) is 16.0. The largest absolute Gasteiger partial charge is 0.481 e. The Kier molecular flexibility index (Phi) is 4.48. The molecule has 2 aromatic carbocycles. The Hall–Kier alpha value is -2.86. The predicted octanol–water partition coefficient (Wildman–Crippen LogP) is 3.16. The molecule has 7 heteroatoms. The van der Waals surface area contributed by atoms with Gasteiger partial charge in [0.25, 0.3) is 5.91 Å². The van der Waals surface area contributed by atoms with Crippen molar-refractivity contribution in [2.45, 2.75) is 12.5 Å². The third kappa shape index (κ3) is 3.23. The molecule has 3 N–H and O–H groups in total. The number of carbonyl (C=O) groups excluding carboxylic acids is 1. The number of fused-ring (bicyclic) bond motifs is 1. The average Bonchev–Trinajstić information content (AvgIpc) is 2.98. The van der Waals surface area contributed by atoms with Crippen LogP contribution in [0, 0.1) is 0 Å². The van der Waals surface area contributed by atoms with Gasteiger partial charge < -0.3 is 10.4 Å². The van der Waals surface area contributed by atoms with Gasteiger partial charge in [0.2, 0.25) is 0 Å². The van der Waals surface area contributed by atoms with E-state index in [4.69, 9.17) is 16.7 Å². The Morgan fingerprint density at radius 3 is 2.62 bits per heavy atom. The highest BCUT2D eigenvalue weighted by atomic mass is 35.5. The van der Waals surface area contributed by atoms with E-state index in [2.05, 4.69) is 15.5 Å². The first-order valence-electron chi connectivity index (χ1n) is 7.26. The number of carbonyl (C=O) groups is 2. The lowest BCUT2D eigenvalue weighted by molar-refractivity contribution is -0.137. The number of nitrogens with zero attached hydrogens (tertiary/aromatic N) is 1. The zero-order chi connectivity index (χ0) is 17.1. The van der Waals surface area contributed by atoms with Crippen molar-refractivity contribution in [3.63, 3.8) is 0 Å². The van der Waals surface area contributed by atoms with Gasteiger partial charge >= 0.3 is 5.97 Å². The zero-order valence-corrected chi connectivity index (χ0v) is 13.2. The van der Waals surface area contributed by atoms with E-state index in [1.807, 2.05) is 12.1 Å². The third-order valence-electron chi connectivity index (χ3n) is 3.65. The fourth-order valence-electron chi connectivity index (χ4n) is 2.53. The smallest absolute Gasteiger partial charge is 0.305 e. The molecule has 24 heavy (non-hydrogen) atoms. The van der Waals surface area contributed by atoms with E-state index < -0.39 is 17.9 Å². The second-order valence-electron chi connectivity index (χ2n) is 5.26. The van der Waals surface area contributed by atoms with E-state index in [1.54, 1.807) is 36.4 Å². The van der Waals surface area contributed by atoms with Crippen molar-refractivity contribution in [2.24, 2.45) is 0 Å². The summed E-state index contributed by atoms with van der Waals surface area (Å²) >= 11 is 6.14. The number of aliphatic carboxylic acids is 1. The SMILES string of the molecule is O=C(O)CC(NC(=O)c1n[nH]c2ccccc12)c1ccccc1Cl. The van der Waals surface area contributed by atoms with Gasteiger partial charge in [0.1, 0.15) is 0 Å². The molecule has 1 aromatic heterocycles. The first-order chi connectivity index (χ1) is 11.6. The zero-order valence-electron chi connectivity index (χ0n) is 12.5. The second kappa shape index (κ2) is 6.72. The van der Waals surface area contributed by atoms with E-state index in [1.165, 1.54) is 0 Å². The van der Waals surface area contributed by atoms with Crippen LogP contribution < -0.4 is 5.32 Å². The molecule has 0 saturated carbocycles. The van der Waals surface area contributed by atoms with Crippen molar-refractivity contribution in [1.29, 1.82) is 0 Å². The highest BCUT2D eigenvalue weighted by molar-refractivity contribution is 6.31. The summed E-state index contributed by atoms with van der Waals surface area (Å²) in [6.07, 6.45) is -0.280. The molecule has 1 amide bonds. The van der Waals surface area contributed by atoms with Crippen LogP contribution in [0.15, 0.2) is 48.5 Å². The van der Waals surface area contributed by atoms with Crippen molar-refractivity contribution < 1.29 is 14.7 Å². The van der Waals surface area contributed by atoms with E-state index in [0.717, 1.165) is 5.52 Å². The number of hydrogen-bond donors (Lipinski definition) is 3. The maximum absolute atomic E-state index is 12.6. The van der Waals surface area contributed by atoms with Gasteiger partial charge in [0, 0.05) is 10.4 Å². The van der Waals surface area contributed by atoms with Crippen LogP contribution in [0.3, 0.4) is 0 Å². The van der Waals surface area contributed by atoms with Gasteiger partial charge in [-0.1, -0.05) is 48.0 Å². The Morgan fingerprint density at radius 1 is 1.17 bits per heavy atom. The number of halogens is 1. The van der Waals surface area contributed by atoms with E-state index in [9.17, 15) is 9.59 Å². The van der Waals surface area contributed by atoms with Gasteiger partial charge in [0.05, 0.1) is 18.0 Å². The summed E-state index contributed by atoms with van der Waals surface area (Å²) in [5.41, 5.74) is 1.50. The molecule has 3 aromatic rings. The van der Waals surface area contributed by atoms with Gasteiger partial charge in [-0.15, -0.1) is 0 Å². The molecule has 0 aliphatic rings. The summed E-state index contributed by atoms with van der Waals surface area (Å²) in [4.78, 5) is 23.7. The fraction of sp³-hybridized carbons (Fsp3) is 0.118. The molecule has 1 atom stereocenters. The van der Waals surface area contributed by atoms with Gasteiger partial charge in [-0.2, -0.15) is 5.10 Å². The molecule has 122 valence electrons. The number of benzene rings is 2. The van der Waals surface area contributed by atoms with Gasteiger partial charge in [0.15, 0.2) is 5.69 Å². The number of amides is 1. The van der Waals surface area contributed by atoms with Gasteiger partial charge in [-0.3, -0.25) is 14.7 Å². The number of carboxylic acid groups (broad SMARTS) is 1. The number of hydrogen-bond acceptors (Lipinski definition) is 3. The number of H-pyrrole nitrogens is 1. The second-order valence-corrected chi connectivity index (χ2v) is 5.67. The average molecular weight is 344 g/mol. The summed E-state index contributed by atoms with van der Waals surface area (Å²) in [7, 11) is 0. The number of nitrogens with one attached hydrogen (secondary N) is 2. The standard InChI is InChI=1S/C17H14ClN3O3/c18-12-7-3-1-5-10(12)14(9-15(22)23)19-17(24)16-11-6-2-4-8-13(11)20-21-16/h1-8,14H,9H2,(H,19,24)(H,20,21)(H,22,23). The van der Waals surface area contributed by atoms with Crippen LogP contribution in [-0.4, -0.2) is 27.2 Å². The normalized spacial score (nSPS) is 12.0. The number of rotatable bonds is 5. The lowest BCUT2D eigenvalue weighted by atomic mass is 10.0. The Bertz CT molecular complexity index is 907. The summed E-state index contributed by atoms with van der Waals surface area (Å²) in [5, 5.41) is 19.7. The molecule has 0 radical (unpaired) electrons. The van der Waals surface area contributed by atoms with Crippen LogP contribution in [0.2, 0.25) is 5.02 Å². The molecule has 0 fully saturated rings. The monoisotopic (exact) mass is 343 g/mol. The highest BCUT2D eigenvalue weighted by Crippen LogP contribution is 2.26. The molecule has 3 rings (SSSR count). The van der Waals surface area contributed by atoms with E-state index in [-0.39, 0.29) is 12.1 Å². The number of carboxylic acids is 1. The van der Waals surface area contributed by atoms with E-state index in [0.29, 0.717) is 16.0 Å². The molecule has 1 unspecified atom stereocenters. The topological polar surface area (TPSA) is 95.1 Å². The Morgan fingerprint density at radius 2 is 1.88 bits per heavy atom. The Balaban J connectivity index is 1.91. The molecule has 0 spiro atoms. The minimum atomic E-state index is -1.04. The molecule has 0 aliphatic carbocycles. The van der Waals surface area contributed by atoms with Crippen molar-refractivity contribution in [3.8, 4) is 0 Å². The number of para-hydroxylation sites is 1. The van der Waals surface area contributed by atoms with Crippen LogP contribution in [0.25, 0.3) is 10.9 Å². The van der Waals surface area contributed by atoms with Crippen LogP contribution in [0.1, 0.15) is 28.5 Å². The minimum absolute atomic E-state index is 0.216. The maximum Gasteiger partial charge on any atom is 0.305 e. The quantitative estimate of drug-likeness (QED) is 0.663. The minimum Gasteiger partial charge on any atom is -0.481 e.